The number of thiophene rings is 1. The number of carbonyl (C=O) groups excluding carboxylic acids is 3. The number of hydrogen-bond donors (Lipinski definition) is 2. The molecule has 7 nitrogen and oxygen atoms in total. The number of nitrogens with two attached hydrogens (primary N) is 1. The lowest BCUT2D eigenvalue weighted by molar-refractivity contribution is -0.147. The van der Waals surface area contributed by atoms with Crippen LogP contribution in [0.4, 0.5) is 5.00 Å². The van der Waals surface area contributed by atoms with Crippen molar-refractivity contribution in [2.45, 2.75) is 32.6 Å². The zero-order valence-electron chi connectivity index (χ0n) is 15.6. The minimum atomic E-state index is -0.556. The first kappa shape index (κ1) is 19.9. The Labute approximate surface area is 166 Å². The van der Waals surface area contributed by atoms with Crippen molar-refractivity contribution in [2.24, 2.45) is 5.73 Å². The molecule has 0 spiro atoms. The summed E-state index contributed by atoms with van der Waals surface area (Å²) in [6.45, 7) is 1.68. The van der Waals surface area contributed by atoms with Gasteiger partial charge in [-0.05, 0) is 49.4 Å². The first-order valence-corrected chi connectivity index (χ1v) is 9.85. The van der Waals surface area contributed by atoms with Gasteiger partial charge in [0.25, 0.3) is 11.8 Å². The molecule has 1 aliphatic rings. The molecule has 8 heteroatoms. The molecule has 0 radical (unpaired) electrons. The minimum absolute atomic E-state index is 0.0288. The first-order chi connectivity index (χ1) is 13.4. The fraction of sp³-hybridized carbons (Fsp3) is 0.350. The van der Waals surface area contributed by atoms with Gasteiger partial charge in [-0.25, -0.2) is 0 Å². The molecule has 148 valence electrons. The highest BCUT2D eigenvalue weighted by atomic mass is 32.1. The number of hydrogen-bond acceptors (Lipinski definition) is 6. The van der Waals surface area contributed by atoms with Crippen LogP contribution in [0.1, 0.15) is 39.2 Å². The molecule has 0 saturated carbocycles. The molecule has 0 saturated heterocycles. The van der Waals surface area contributed by atoms with E-state index in [1.165, 1.54) is 11.3 Å². The summed E-state index contributed by atoms with van der Waals surface area (Å²) < 4.78 is 10.5. The second-order valence-corrected chi connectivity index (χ2v) is 7.65. The number of primary amides is 1. The normalized spacial score (nSPS) is 12.3. The Morgan fingerprint density at radius 2 is 2.07 bits per heavy atom. The Morgan fingerprint density at radius 3 is 2.82 bits per heavy atom. The summed E-state index contributed by atoms with van der Waals surface area (Å²) in [6, 6.07) is 7.49. The molecular weight excluding hydrogens is 380 g/mol. The molecule has 0 atom stereocenters. The highest BCUT2D eigenvalue weighted by molar-refractivity contribution is 7.17. The van der Waals surface area contributed by atoms with Gasteiger partial charge in [-0.15, -0.1) is 11.3 Å². The van der Waals surface area contributed by atoms with Crippen molar-refractivity contribution in [3.63, 3.8) is 0 Å². The summed E-state index contributed by atoms with van der Waals surface area (Å²) in [5.41, 5.74) is 7.83. The maximum atomic E-state index is 12.1. The summed E-state index contributed by atoms with van der Waals surface area (Å²) in [5.74, 6) is -0.919. The van der Waals surface area contributed by atoms with Crippen molar-refractivity contribution in [1.82, 2.24) is 0 Å². The Kier molecular flexibility index (Phi) is 6.30. The van der Waals surface area contributed by atoms with Crippen LogP contribution in [0.25, 0.3) is 0 Å². The Morgan fingerprint density at radius 1 is 1.25 bits per heavy atom. The smallest absolute Gasteiger partial charge is 0.309 e. The lowest BCUT2D eigenvalue weighted by atomic mass is 10.1. The molecule has 2 aromatic rings. The second kappa shape index (κ2) is 8.88. The van der Waals surface area contributed by atoms with Crippen LogP contribution >= 0.6 is 11.3 Å². The number of aryl methyl sites for hydroxylation is 2. The number of amides is 2. The van der Waals surface area contributed by atoms with E-state index in [4.69, 9.17) is 15.2 Å². The van der Waals surface area contributed by atoms with Gasteiger partial charge >= 0.3 is 5.97 Å². The van der Waals surface area contributed by atoms with Crippen LogP contribution < -0.4 is 15.8 Å². The quantitative estimate of drug-likeness (QED) is 0.660. The first-order valence-electron chi connectivity index (χ1n) is 9.03. The van der Waals surface area contributed by atoms with Gasteiger partial charge < -0.3 is 20.5 Å². The number of ether oxygens (including phenoxy) is 2. The number of fused-ring (bicyclic) bond motifs is 1. The van der Waals surface area contributed by atoms with E-state index in [1.807, 2.05) is 25.1 Å². The lowest BCUT2D eigenvalue weighted by Crippen LogP contribution is -2.23. The van der Waals surface area contributed by atoms with Gasteiger partial charge in [0, 0.05) is 4.88 Å². The van der Waals surface area contributed by atoms with E-state index < -0.39 is 24.4 Å². The van der Waals surface area contributed by atoms with Crippen molar-refractivity contribution in [3.05, 3.63) is 45.8 Å². The van der Waals surface area contributed by atoms with Crippen LogP contribution in [-0.2, 0) is 27.2 Å². The molecule has 1 aromatic heterocycles. The maximum absolute atomic E-state index is 12.1. The predicted octanol–water partition coefficient (Wildman–Crippen LogP) is 2.59. The van der Waals surface area contributed by atoms with E-state index in [-0.39, 0.29) is 13.0 Å². The zero-order chi connectivity index (χ0) is 20.1. The monoisotopic (exact) mass is 402 g/mol. The zero-order valence-corrected chi connectivity index (χ0v) is 16.4. The Bertz CT molecular complexity index is 906. The van der Waals surface area contributed by atoms with Gasteiger partial charge in [0.15, 0.2) is 6.61 Å². The topological polar surface area (TPSA) is 108 Å². The number of esters is 1. The fourth-order valence-corrected chi connectivity index (χ4v) is 4.40. The number of rotatable bonds is 8. The summed E-state index contributed by atoms with van der Waals surface area (Å²) in [4.78, 5) is 36.7. The third kappa shape index (κ3) is 4.89. The highest BCUT2D eigenvalue weighted by Crippen LogP contribution is 2.38. The molecule has 0 fully saturated rings. The number of carbonyl (C=O) groups is 3. The van der Waals surface area contributed by atoms with Crippen molar-refractivity contribution in [1.29, 1.82) is 0 Å². The second-order valence-electron chi connectivity index (χ2n) is 6.55. The Balaban J connectivity index is 1.44. The predicted molar refractivity (Wildman–Crippen MR) is 106 cm³/mol. The highest BCUT2D eigenvalue weighted by Gasteiger charge is 2.26. The van der Waals surface area contributed by atoms with Gasteiger partial charge in [0.2, 0.25) is 0 Å². The SMILES string of the molecule is Cc1cccc(OCCC(=O)OCC(=O)Nc2sc3c(c2C(N)=O)CCC3)c1. The van der Waals surface area contributed by atoms with Crippen molar-refractivity contribution in [2.75, 3.05) is 18.5 Å². The average Bonchev–Trinajstić information content (AvgIpc) is 3.20. The van der Waals surface area contributed by atoms with Crippen LogP contribution in [0.2, 0.25) is 0 Å². The van der Waals surface area contributed by atoms with Crippen LogP contribution in [0.15, 0.2) is 24.3 Å². The summed E-state index contributed by atoms with van der Waals surface area (Å²) in [7, 11) is 0. The van der Waals surface area contributed by atoms with Gasteiger partial charge in [0.1, 0.15) is 10.8 Å². The fourth-order valence-electron chi connectivity index (χ4n) is 3.09. The third-order valence-electron chi connectivity index (χ3n) is 4.35. The van der Waals surface area contributed by atoms with Crippen LogP contribution in [0.5, 0.6) is 5.75 Å². The maximum Gasteiger partial charge on any atom is 0.309 e. The molecule has 0 aliphatic heterocycles. The molecule has 3 rings (SSSR count). The largest absolute Gasteiger partial charge is 0.493 e. The molecule has 0 unspecified atom stereocenters. The molecular formula is C20H22N2O5S. The number of nitrogens with one attached hydrogen (secondary N) is 1. The average molecular weight is 402 g/mol. The Hall–Kier alpha value is -2.87. The molecule has 3 N–H and O–H groups in total. The van der Waals surface area contributed by atoms with E-state index >= 15 is 0 Å². The summed E-state index contributed by atoms with van der Waals surface area (Å²) in [6.07, 6.45) is 2.68. The summed E-state index contributed by atoms with van der Waals surface area (Å²) >= 11 is 1.36. The molecule has 1 aromatic carbocycles. The lowest BCUT2D eigenvalue weighted by Gasteiger charge is -2.08. The molecule has 2 amide bonds. The van der Waals surface area contributed by atoms with Gasteiger partial charge in [-0.2, -0.15) is 0 Å². The molecule has 0 bridgehead atoms. The van der Waals surface area contributed by atoms with E-state index in [2.05, 4.69) is 5.32 Å². The molecule has 1 aliphatic carbocycles. The number of benzene rings is 1. The molecule has 1 heterocycles. The van der Waals surface area contributed by atoms with Gasteiger partial charge in [-0.1, -0.05) is 12.1 Å². The third-order valence-corrected chi connectivity index (χ3v) is 5.56. The van der Waals surface area contributed by atoms with Crippen LogP contribution in [0.3, 0.4) is 0 Å². The van der Waals surface area contributed by atoms with Crippen molar-refractivity contribution >= 4 is 34.1 Å². The summed E-state index contributed by atoms with van der Waals surface area (Å²) in [5, 5.41) is 3.07. The van der Waals surface area contributed by atoms with Crippen molar-refractivity contribution in [3.8, 4) is 5.75 Å². The standard InChI is InChI=1S/C20H22N2O5S/c1-12-4-2-5-13(10-12)26-9-8-17(24)27-11-16(23)22-20-18(19(21)25)14-6-3-7-15(14)28-20/h2,4-5,10H,3,6-9,11H2,1H3,(H2,21,25)(H,22,23). The minimum Gasteiger partial charge on any atom is -0.493 e. The van der Waals surface area contributed by atoms with Crippen LogP contribution in [0, 0.1) is 6.92 Å². The van der Waals surface area contributed by atoms with Crippen LogP contribution in [-0.4, -0.2) is 31.0 Å². The van der Waals surface area contributed by atoms with E-state index in [0.717, 1.165) is 35.3 Å². The van der Waals surface area contributed by atoms with E-state index in [1.54, 1.807) is 6.07 Å². The van der Waals surface area contributed by atoms with Gasteiger partial charge in [0.05, 0.1) is 18.6 Å². The van der Waals surface area contributed by atoms with Gasteiger partial charge in [-0.3, -0.25) is 14.4 Å². The molecule has 28 heavy (non-hydrogen) atoms. The van der Waals surface area contributed by atoms with E-state index in [9.17, 15) is 14.4 Å². The van der Waals surface area contributed by atoms with Crippen molar-refractivity contribution < 1.29 is 23.9 Å². The van der Waals surface area contributed by atoms with E-state index in [0.29, 0.717) is 16.3 Å². The number of anilines is 1.